The number of amides is 1. The molecule has 1 amide bonds. The molecule has 0 saturated heterocycles. The molecule has 2 N–H and O–H groups in total. The van der Waals surface area contributed by atoms with Crippen LogP contribution in [0.2, 0.25) is 0 Å². The molecule has 0 spiro atoms. The van der Waals surface area contributed by atoms with Gasteiger partial charge in [-0.1, -0.05) is 40.9 Å². The average molecular weight is 377 g/mol. The number of carbonyl (C=O) groups is 1. The lowest BCUT2D eigenvalue weighted by molar-refractivity contribution is 0.0859. The second-order valence-corrected chi connectivity index (χ2v) is 7.05. The summed E-state index contributed by atoms with van der Waals surface area (Å²) in [6.07, 6.45) is 4.44. The molecule has 1 aliphatic carbocycles. The van der Waals surface area contributed by atoms with Crippen molar-refractivity contribution < 1.29 is 9.28 Å². The van der Waals surface area contributed by atoms with E-state index >= 15 is 0 Å². The van der Waals surface area contributed by atoms with Gasteiger partial charge >= 0.3 is 0 Å². The van der Waals surface area contributed by atoms with E-state index in [1.165, 1.54) is 0 Å². The Balaban J connectivity index is 1.66. The van der Waals surface area contributed by atoms with Crippen molar-refractivity contribution in [2.45, 2.75) is 32.1 Å². The third-order valence-electron chi connectivity index (χ3n) is 5.23. The minimum absolute atomic E-state index is 0.0739. The molecule has 1 heterocycles. The molecule has 4 rings (SSSR count). The second kappa shape index (κ2) is 7.76. The molecular formula is C22H20FN3O2. The summed E-state index contributed by atoms with van der Waals surface area (Å²) < 4.78 is 12.4. The van der Waals surface area contributed by atoms with Crippen molar-refractivity contribution in [3.63, 3.8) is 0 Å². The lowest BCUT2D eigenvalue weighted by Gasteiger charge is -2.17. The van der Waals surface area contributed by atoms with Crippen LogP contribution in [0, 0.1) is 0 Å². The molecule has 28 heavy (non-hydrogen) atoms. The van der Waals surface area contributed by atoms with Crippen LogP contribution < -0.4 is 11.1 Å². The van der Waals surface area contributed by atoms with E-state index in [9.17, 15) is 14.1 Å². The number of hydrogen-bond acceptors (Lipinski definition) is 3. The third-order valence-corrected chi connectivity index (χ3v) is 5.23. The Hall–Kier alpha value is -3.28. The summed E-state index contributed by atoms with van der Waals surface area (Å²) >= 11 is 0. The highest BCUT2D eigenvalue weighted by molar-refractivity contribution is 5.94. The maximum atomic E-state index is 12.4. The molecule has 1 aliphatic rings. The van der Waals surface area contributed by atoms with Crippen LogP contribution in [0.3, 0.4) is 0 Å². The topological polar surface area (TPSA) is 74.8 Å². The molecule has 0 atom stereocenters. The van der Waals surface area contributed by atoms with Gasteiger partial charge in [0.25, 0.3) is 11.5 Å². The smallest absolute Gasteiger partial charge is 0.268 e. The van der Waals surface area contributed by atoms with Crippen molar-refractivity contribution in [3.8, 4) is 11.1 Å². The first-order valence-electron chi connectivity index (χ1n) is 9.35. The van der Waals surface area contributed by atoms with Gasteiger partial charge in [0.15, 0.2) is 0 Å². The Labute approximate surface area is 161 Å². The lowest BCUT2D eigenvalue weighted by Crippen LogP contribution is -2.23. The first kappa shape index (κ1) is 18.1. The van der Waals surface area contributed by atoms with Gasteiger partial charge in [-0.15, -0.1) is 0 Å². The number of hydrogen-bond donors (Lipinski definition) is 2. The number of H-pyrrole nitrogens is 1. The summed E-state index contributed by atoms with van der Waals surface area (Å²) in [5.74, 6) is -0.762. The zero-order valence-corrected chi connectivity index (χ0v) is 15.3. The van der Waals surface area contributed by atoms with Crippen molar-refractivity contribution >= 4 is 5.91 Å². The van der Waals surface area contributed by atoms with Crippen LogP contribution in [0.1, 0.15) is 45.6 Å². The third kappa shape index (κ3) is 3.58. The standard InChI is InChI=1S/C22H20FN3O2/c23-24-21(27)17-8-4-7-16(13-17)15-6-3-5-14(11-15)12-20-18-9-1-2-10-19(18)22(28)26-25-20/h3-8,11,13H,1-2,9-10,12H2,(H,24,27)(H,26,28). The monoisotopic (exact) mass is 377 g/mol. The summed E-state index contributed by atoms with van der Waals surface area (Å²) in [5.41, 5.74) is 7.05. The van der Waals surface area contributed by atoms with Gasteiger partial charge in [-0.05, 0) is 60.1 Å². The summed E-state index contributed by atoms with van der Waals surface area (Å²) in [6, 6.07) is 14.8. The van der Waals surface area contributed by atoms with Crippen LogP contribution >= 0.6 is 0 Å². The largest absolute Gasteiger partial charge is 0.278 e. The zero-order valence-electron chi connectivity index (χ0n) is 15.3. The molecule has 3 aromatic rings. The predicted molar refractivity (Wildman–Crippen MR) is 105 cm³/mol. The predicted octanol–water partition coefficient (Wildman–Crippen LogP) is 3.52. The maximum absolute atomic E-state index is 12.4. The van der Waals surface area contributed by atoms with Crippen LogP contribution in [0.25, 0.3) is 11.1 Å². The number of aromatic amines is 1. The van der Waals surface area contributed by atoms with Crippen molar-refractivity contribution in [1.29, 1.82) is 0 Å². The van der Waals surface area contributed by atoms with Crippen LogP contribution in [-0.2, 0) is 19.3 Å². The molecule has 0 radical (unpaired) electrons. The van der Waals surface area contributed by atoms with E-state index in [1.54, 1.807) is 18.2 Å². The van der Waals surface area contributed by atoms with Gasteiger partial charge < -0.3 is 0 Å². The summed E-state index contributed by atoms with van der Waals surface area (Å²) in [4.78, 5) is 23.6. The number of aromatic nitrogens is 2. The molecule has 5 nitrogen and oxygen atoms in total. The summed E-state index contributed by atoms with van der Waals surface area (Å²) in [6.45, 7) is 0. The summed E-state index contributed by atoms with van der Waals surface area (Å²) in [5, 5.41) is 6.94. The lowest BCUT2D eigenvalue weighted by atomic mass is 9.90. The van der Waals surface area contributed by atoms with Crippen molar-refractivity contribution in [2.24, 2.45) is 0 Å². The van der Waals surface area contributed by atoms with Crippen LogP contribution in [-0.4, -0.2) is 16.1 Å². The number of nitrogens with zero attached hydrogens (tertiary/aromatic N) is 1. The van der Waals surface area contributed by atoms with Gasteiger partial charge in [0.2, 0.25) is 0 Å². The highest BCUT2D eigenvalue weighted by atomic mass is 19.2. The average Bonchev–Trinajstić information content (AvgIpc) is 2.75. The number of nitrogens with one attached hydrogen (secondary N) is 2. The van der Waals surface area contributed by atoms with Gasteiger partial charge in [0.05, 0.1) is 5.69 Å². The fourth-order valence-electron chi connectivity index (χ4n) is 3.82. The Morgan fingerprint density at radius 3 is 2.54 bits per heavy atom. The van der Waals surface area contributed by atoms with E-state index in [0.717, 1.165) is 64.7 Å². The van der Waals surface area contributed by atoms with E-state index in [1.807, 2.05) is 30.3 Å². The van der Waals surface area contributed by atoms with Gasteiger partial charge in [-0.3, -0.25) is 9.59 Å². The fraction of sp³-hybridized carbons (Fsp3) is 0.227. The maximum Gasteiger partial charge on any atom is 0.278 e. The van der Waals surface area contributed by atoms with E-state index in [2.05, 4.69) is 10.2 Å². The number of halogens is 1. The summed E-state index contributed by atoms with van der Waals surface area (Å²) in [7, 11) is 0. The van der Waals surface area contributed by atoms with Gasteiger partial charge in [-0.2, -0.15) is 10.6 Å². The minimum Gasteiger partial charge on any atom is -0.268 e. The second-order valence-electron chi connectivity index (χ2n) is 7.05. The highest BCUT2D eigenvalue weighted by Gasteiger charge is 2.18. The van der Waals surface area contributed by atoms with Gasteiger partial charge in [0, 0.05) is 17.5 Å². The molecule has 0 unspecified atom stereocenters. The first-order valence-corrected chi connectivity index (χ1v) is 9.35. The van der Waals surface area contributed by atoms with E-state index in [0.29, 0.717) is 6.42 Å². The Morgan fingerprint density at radius 1 is 1.04 bits per heavy atom. The SMILES string of the molecule is O=C(NF)c1cccc(-c2cccc(Cc3n[nH]c(=O)c4c3CCCC4)c2)c1. The quantitative estimate of drug-likeness (QED) is 0.683. The van der Waals surface area contributed by atoms with Crippen molar-refractivity contribution in [3.05, 3.63) is 86.8 Å². The van der Waals surface area contributed by atoms with E-state index in [4.69, 9.17) is 0 Å². The molecule has 0 bridgehead atoms. The molecule has 2 aromatic carbocycles. The first-order chi connectivity index (χ1) is 13.7. The molecule has 0 saturated carbocycles. The molecular weight excluding hydrogens is 357 g/mol. The van der Waals surface area contributed by atoms with Crippen LogP contribution in [0.15, 0.2) is 53.3 Å². The van der Waals surface area contributed by atoms with E-state index in [-0.39, 0.29) is 11.1 Å². The number of rotatable bonds is 4. The Kier molecular flexibility index (Phi) is 5.02. The molecule has 1 aromatic heterocycles. The molecule has 0 aliphatic heterocycles. The Morgan fingerprint density at radius 2 is 1.75 bits per heavy atom. The minimum atomic E-state index is -0.762. The number of carbonyl (C=O) groups excluding carboxylic acids is 1. The number of benzene rings is 2. The van der Waals surface area contributed by atoms with Crippen LogP contribution in [0.5, 0.6) is 0 Å². The normalized spacial score (nSPS) is 13.0. The Bertz CT molecular complexity index is 1090. The van der Waals surface area contributed by atoms with Crippen molar-refractivity contribution in [1.82, 2.24) is 15.7 Å². The van der Waals surface area contributed by atoms with E-state index < -0.39 is 5.91 Å². The molecule has 0 fully saturated rings. The number of fused-ring (bicyclic) bond motifs is 1. The fourth-order valence-corrected chi connectivity index (χ4v) is 3.82. The van der Waals surface area contributed by atoms with Crippen molar-refractivity contribution in [2.75, 3.05) is 0 Å². The molecule has 142 valence electrons. The zero-order chi connectivity index (χ0) is 19.5. The molecule has 6 heteroatoms. The highest BCUT2D eigenvalue weighted by Crippen LogP contribution is 2.25. The van der Waals surface area contributed by atoms with Crippen LogP contribution in [0.4, 0.5) is 4.48 Å². The van der Waals surface area contributed by atoms with Gasteiger partial charge in [0.1, 0.15) is 0 Å². The van der Waals surface area contributed by atoms with Gasteiger partial charge in [-0.25, -0.2) is 5.10 Å².